The van der Waals surface area contributed by atoms with Crippen LogP contribution in [-0.4, -0.2) is 9.55 Å². The quantitative estimate of drug-likeness (QED) is 0.876. The molecule has 0 unspecified atom stereocenters. The Hall–Kier alpha value is -1.84. The van der Waals surface area contributed by atoms with Crippen LogP contribution in [0.15, 0.2) is 30.6 Å². The van der Waals surface area contributed by atoms with Crippen molar-refractivity contribution >= 4 is 11.6 Å². The van der Waals surface area contributed by atoms with Crippen LogP contribution < -0.4 is 5.32 Å². The monoisotopic (exact) mass is 233 g/mol. The highest BCUT2D eigenvalue weighted by atomic mass is 19.1. The molecule has 0 saturated heterocycles. The average Bonchev–Trinajstić information content (AvgIpc) is 2.72. The van der Waals surface area contributed by atoms with Gasteiger partial charge in [0.05, 0.1) is 0 Å². The van der Waals surface area contributed by atoms with E-state index in [0.717, 1.165) is 30.2 Å². The molecule has 1 heterocycles. The molecule has 0 fully saturated rings. The van der Waals surface area contributed by atoms with E-state index in [4.69, 9.17) is 0 Å². The summed E-state index contributed by atoms with van der Waals surface area (Å²) in [6.45, 7) is 4.95. The fourth-order valence-electron chi connectivity index (χ4n) is 1.70. The van der Waals surface area contributed by atoms with Crippen LogP contribution in [0.5, 0.6) is 0 Å². The summed E-state index contributed by atoms with van der Waals surface area (Å²) in [4.78, 5) is 4.23. The van der Waals surface area contributed by atoms with E-state index in [-0.39, 0.29) is 5.82 Å². The first-order chi connectivity index (χ1) is 8.20. The van der Waals surface area contributed by atoms with Crippen LogP contribution >= 0.6 is 0 Å². The molecule has 0 aliphatic heterocycles. The Balaban J connectivity index is 2.25. The molecular formula is C13H16FN3. The molecule has 17 heavy (non-hydrogen) atoms. The van der Waals surface area contributed by atoms with Crippen molar-refractivity contribution in [2.24, 2.45) is 0 Å². The van der Waals surface area contributed by atoms with Crippen molar-refractivity contribution in [2.75, 3.05) is 5.32 Å². The van der Waals surface area contributed by atoms with Gasteiger partial charge in [0.25, 0.3) is 0 Å². The third-order valence-corrected chi connectivity index (χ3v) is 2.63. The Morgan fingerprint density at radius 2 is 2.24 bits per heavy atom. The molecule has 0 bridgehead atoms. The van der Waals surface area contributed by atoms with Crippen LogP contribution in [-0.2, 0) is 6.54 Å². The molecule has 3 nitrogen and oxygen atoms in total. The standard InChI is InChI=1S/C13H16FN3/c1-3-7-17-8-6-15-13(17)16-12-9-11(14)5-4-10(12)2/h4-6,8-9H,3,7H2,1-2H3,(H,15,16). The Morgan fingerprint density at radius 3 is 3.00 bits per heavy atom. The minimum Gasteiger partial charge on any atom is -0.325 e. The summed E-state index contributed by atoms with van der Waals surface area (Å²) in [6.07, 6.45) is 4.69. The SMILES string of the molecule is CCCn1ccnc1Nc1cc(F)ccc1C. The first kappa shape index (κ1) is 11.6. The number of halogens is 1. The molecule has 0 spiro atoms. The number of nitrogens with zero attached hydrogens (tertiary/aromatic N) is 2. The van der Waals surface area contributed by atoms with Gasteiger partial charge in [-0.1, -0.05) is 13.0 Å². The maximum atomic E-state index is 13.2. The van der Waals surface area contributed by atoms with E-state index in [1.165, 1.54) is 12.1 Å². The Morgan fingerprint density at radius 1 is 1.41 bits per heavy atom. The van der Waals surface area contributed by atoms with Gasteiger partial charge in [0.1, 0.15) is 5.82 Å². The second kappa shape index (κ2) is 4.99. The first-order valence-corrected chi connectivity index (χ1v) is 5.75. The van der Waals surface area contributed by atoms with Gasteiger partial charge in [-0.15, -0.1) is 0 Å². The van der Waals surface area contributed by atoms with Crippen LogP contribution in [0.3, 0.4) is 0 Å². The fraction of sp³-hybridized carbons (Fsp3) is 0.308. The predicted octanol–water partition coefficient (Wildman–Crippen LogP) is 3.48. The Bertz CT molecular complexity index is 505. The predicted molar refractivity (Wildman–Crippen MR) is 66.9 cm³/mol. The second-order valence-electron chi connectivity index (χ2n) is 4.03. The van der Waals surface area contributed by atoms with Gasteiger partial charge in [-0.3, -0.25) is 0 Å². The van der Waals surface area contributed by atoms with E-state index >= 15 is 0 Å². The van der Waals surface area contributed by atoms with E-state index in [1.807, 2.05) is 17.7 Å². The van der Waals surface area contributed by atoms with Gasteiger partial charge in [0.15, 0.2) is 0 Å². The van der Waals surface area contributed by atoms with E-state index in [2.05, 4.69) is 17.2 Å². The molecule has 2 aromatic rings. The third-order valence-electron chi connectivity index (χ3n) is 2.63. The molecule has 0 radical (unpaired) electrons. The summed E-state index contributed by atoms with van der Waals surface area (Å²) in [5.41, 5.74) is 1.76. The molecule has 90 valence electrons. The lowest BCUT2D eigenvalue weighted by atomic mass is 10.2. The smallest absolute Gasteiger partial charge is 0.207 e. The number of nitrogens with one attached hydrogen (secondary N) is 1. The molecule has 2 rings (SSSR count). The van der Waals surface area contributed by atoms with Gasteiger partial charge >= 0.3 is 0 Å². The highest BCUT2D eigenvalue weighted by Gasteiger charge is 2.05. The molecule has 0 saturated carbocycles. The van der Waals surface area contributed by atoms with Gasteiger partial charge in [0, 0.05) is 24.6 Å². The Labute approximate surface area is 100 Å². The zero-order valence-electron chi connectivity index (χ0n) is 10.1. The van der Waals surface area contributed by atoms with Crippen molar-refractivity contribution in [3.8, 4) is 0 Å². The minimum absolute atomic E-state index is 0.244. The molecule has 0 atom stereocenters. The van der Waals surface area contributed by atoms with Crippen LogP contribution in [0.25, 0.3) is 0 Å². The van der Waals surface area contributed by atoms with E-state index in [9.17, 15) is 4.39 Å². The molecule has 1 aromatic carbocycles. The maximum Gasteiger partial charge on any atom is 0.207 e. The third kappa shape index (κ3) is 2.64. The van der Waals surface area contributed by atoms with Crippen LogP contribution in [0, 0.1) is 12.7 Å². The highest BCUT2D eigenvalue weighted by molar-refractivity contribution is 5.58. The van der Waals surface area contributed by atoms with E-state index in [1.54, 1.807) is 12.3 Å². The molecule has 1 aromatic heterocycles. The van der Waals surface area contributed by atoms with Gasteiger partial charge in [-0.2, -0.15) is 0 Å². The van der Waals surface area contributed by atoms with Gasteiger partial charge in [0.2, 0.25) is 5.95 Å². The van der Waals surface area contributed by atoms with Crippen molar-refractivity contribution in [3.63, 3.8) is 0 Å². The number of aryl methyl sites for hydroxylation is 2. The largest absolute Gasteiger partial charge is 0.325 e. The second-order valence-corrected chi connectivity index (χ2v) is 4.03. The van der Waals surface area contributed by atoms with Crippen LogP contribution in [0.1, 0.15) is 18.9 Å². The summed E-state index contributed by atoms with van der Waals surface area (Å²) in [6, 6.07) is 4.70. The molecule has 4 heteroatoms. The summed E-state index contributed by atoms with van der Waals surface area (Å²) in [5.74, 6) is 0.507. The summed E-state index contributed by atoms with van der Waals surface area (Å²) >= 11 is 0. The Kier molecular flexibility index (Phi) is 3.42. The highest BCUT2D eigenvalue weighted by Crippen LogP contribution is 2.20. The molecular weight excluding hydrogens is 217 g/mol. The van der Waals surface area contributed by atoms with Crippen molar-refractivity contribution in [1.82, 2.24) is 9.55 Å². The number of aromatic nitrogens is 2. The average molecular weight is 233 g/mol. The lowest BCUT2D eigenvalue weighted by Crippen LogP contribution is -2.03. The number of hydrogen-bond acceptors (Lipinski definition) is 2. The zero-order chi connectivity index (χ0) is 12.3. The maximum absolute atomic E-state index is 13.2. The summed E-state index contributed by atoms with van der Waals surface area (Å²) in [7, 11) is 0. The van der Waals surface area contributed by atoms with E-state index in [0.29, 0.717) is 0 Å². The van der Waals surface area contributed by atoms with Gasteiger partial charge < -0.3 is 9.88 Å². The number of anilines is 2. The molecule has 0 aliphatic carbocycles. The van der Waals surface area contributed by atoms with Gasteiger partial charge in [-0.25, -0.2) is 9.37 Å². The van der Waals surface area contributed by atoms with Crippen molar-refractivity contribution < 1.29 is 4.39 Å². The normalized spacial score (nSPS) is 10.5. The van der Waals surface area contributed by atoms with Crippen LogP contribution in [0.2, 0.25) is 0 Å². The summed E-state index contributed by atoms with van der Waals surface area (Å²) < 4.78 is 15.2. The lowest BCUT2D eigenvalue weighted by Gasteiger charge is -2.11. The number of hydrogen-bond donors (Lipinski definition) is 1. The zero-order valence-corrected chi connectivity index (χ0v) is 10.1. The topological polar surface area (TPSA) is 29.9 Å². The van der Waals surface area contributed by atoms with Crippen LogP contribution in [0.4, 0.5) is 16.0 Å². The van der Waals surface area contributed by atoms with E-state index < -0.39 is 0 Å². The summed E-state index contributed by atoms with van der Waals surface area (Å²) in [5, 5.41) is 3.16. The van der Waals surface area contributed by atoms with Crippen molar-refractivity contribution in [2.45, 2.75) is 26.8 Å². The number of rotatable bonds is 4. The first-order valence-electron chi connectivity index (χ1n) is 5.75. The fourth-order valence-corrected chi connectivity index (χ4v) is 1.70. The number of imidazole rings is 1. The van der Waals surface area contributed by atoms with Crippen molar-refractivity contribution in [1.29, 1.82) is 0 Å². The number of benzene rings is 1. The molecule has 0 amide bonds. The minimum atomic E-state index is -0.244. The van der Waals surface area contributed by atoms with Gasteiger partial charge in [-0.05, 0) is 31.0 Å². The van der Waals surface area contributed by atoms with Crippen molar-refractivity contribution in [3.05, 3.63) is 42.0 Å². The molecule has 0 aliphatic rings. The lowest BCUT2D eigenvalue weighted by molar-refractivity contribution is 0.628. The molecule has 1 N–H and O–H groups in total.